The Bertz CT molecular complexity index is 1650. The van der Waals surface area contributed by atoms with E-state index in [-0.39, 0.29) is 17.2 Å². The summed E-state index contributed by atoms with van der Waals surface area (Å²) >= 11 is 0. The number of aromatic nitrogens is 5. The van der Waals surface area contributed by atoms with E-state index in [0.717, 1.165) is 22.4 Å². The van der Waals surface area contributed by atoms with Crippen molar-refractivity contribution in [3.8, 4) is 17.0 Å². The summed E-state index contributed by atoms with van der Waals surface area (Å²) < 4.78 is 10.7. The molecule has 0 aliphatic rings. The largest absolute Gasteiger partial charge is 0.489 e. The van der Waals surface area contributed by atoms with Crippen LogP contribution in [0.25, 0.3) is 22.3 Å². The van der Waals surface area contributed by atoms with Crippen LogP contribution in [0.3, 0.4) is 0 Å². The van der Waals surface area contributed by atoms with Crippen LogP contribution < -0.4 is 16.0 Å². The molecule has 0 aliphatic heterocycles. The fraction of sp³-hybridized carbons (Fsp3) is 0.241. The van der Waals surface area contributed by atoms with Crippen LogP contribution in [0.5, 0.6) is 5.75 Å². The third-order valence-corrected chi connectivity index (χ3v) is 6.26. The molecule has 2 aromatic carbocycles. The van der Waals surface area contributed by atoms with Gasteiger partial charge in [-0.2, -0.15) is 5.10 Å². The average Bonchev–Trinajstić information content (AvgIpc) is 3.29. The quantitative estimate of drug-likeness (QED) is 0.322. The Hall–Kier alpha value is -4.46. The van der Waals surface area contributed by atoms with Crippen LogP contribution in [0.15, 0.2) is 88.7 Å². The minimum Gasteiger partial charge on any atom is -0.489 e. The number of fused-ring (bicyclic) bond motifs is 1. The number of rotatable bonds is 8. The highest BCUT2D eigenvalue weighted by molar-refractivity contribution is 5.90. The van der Waals surface area contributed by atoms with Gasteiger partial charge in [-0.15, -0.1) is 0 Å². The molecule has 8 heteroatoms. The van der Waals surface area contributed by atoms with Gasteiger partial charge in [0.15, 0.2) is 5.65 Å². The molecule has 0 N–H and O–H groups in total. The van der Waals surface area contributed by atoms with Crippen LogP contribution >= 0.6 is 0 Å². The molecule has 3 heterocycles. The van der Waals surface area contributed by atoms with Gasteiger partial charge in [-0.05, 0) is 29.7 Å². The molecule has 0 spiro atoms. The molecular weight excluding hydrogens is 466 g/mol. The van der Waals surface area contributed by atoms with Gasteiger partial charge >= 0.3 is 5.69 Å². The highest BCUT2D eigenvalue weighted by Gasteiger charge is 2.23. The molecule has 0 aliphatic carbocycles. The van der Waals surface area contributed by atoms with Crippen molar-refractivity contribution in [1.29, 1.82) is 0 Å². The minimum atomic E-state index is -0.372. The van der Waals surface area contributed by atoms with Crippen LogP contribution in [0.2, 0.25) is 0 Å². The molecule has 0 amide bonds. The van der Waals surface area contributed by atoms with E-state index in [9.17, 15) is 9.59 Å². The first-order valence-corrected chi connectivity index (χ1v) is 12.3. The second-order valence-electron chi connectivity index (χ2n) is 9.47. The van der Waals surface area contributed by atoms with Gasteiger partial charge in [0.05, 0.1) is 12.2 Å². The summed E-state index contributed by atoms with van der Waals surface area (Å²) in [6.45, 7) is 5.31. The van der Waals surface area contributed by atoms with E-state index >= 15 is 0 Å². The van der Waals surface area contributed by atoms with E-state index in [1.165, 1.54) is 11.6 Å². The molecule has 3 aromatic heterocycles. The lowest BCUT2D eigenvalue weighted by atomic mass is 10.1. The Morgan fingerprint density at radius 2 is 1.62 bits per heavy atom. The van der Waals surface area contributed by atoms with Crippen molar-refractivity contribution >= 4 is 11.0 Å². The number of para-hydroxylation sites is 1. The summed E-state index contributed by atoms with van der Waals surface area (Å²) in [5.74, 6) is 0.930. The Morgan fingerprint density at radius 1 is 0.919 bits per heavy atom. The van der Waals surface area contributed by atoms with E-state index < -0.39 is 0 Å². The van der Waals surface area contributed by atoms with Gasteiger partial charge in [0, 0.05) is 37.1 Å². The van der Waals surface area contributed by atoms with Crippen LogP contribution in [-0.2, 0) is 26.7 Å². The average molecular weight is 496 g/mol. The van der Waals surface area contributed by atoms with E-state index in [2.05, 4.69) is 4.98 Å². The highest BCUT2D eigenvalue weighted by atomic mass is 16.5. The smallest absolute Gasteiger partial charge is 0.332 e. The highest BCUT2D eigenvalue weighted by Crippen LogP contribution is 2.29. The topological polar surface area (TPSA) is 83.9 Å². The van der Waals surface area contributed by atoms with E-state index in [4.69, 9.17) is 9.84 Å². The van der Waals surface area contributed by atoms with Gasteiger partial charge in [0.1, 0.15) is 17.7 Å². The molecule has 0 saturated carbocycles. The minimum absolute atomic E-state index is 0.194. The van der Waals surface area contributed by atoms with E-state index in [1.54, 1.807) is 21.6 Å². The normalized spacial score (nSPS) is 11.4. The van der Waals surface area contributed by atoms with Crippen LogP contribution in [0.4, 0.5) is 0 Å². The summed E-state index contributed by atoms with van der Waals surface area (Å²) in [5.41, 5.74) is 3.07. The van der Waals surface area contributed by atoms with Gasteiger partial charge in [0.25, 0.3) is 5.56 Å². The van der Waals surface area contributed by atoms with Gasteiger partial charge in [-0.3, -0.25) is 23.6 Å². The van der Waals surface area contributed by atoms with Crippen molar-refractivity contribution in [2.24, 2.45) is 13.0 Å². The molecule has 0 saturated heterocycles. The fourth-order valence-corrected chi connectivity index (χ4v) is 4.48. The second-order valence-corrected chi connectivity index (χ2v) is 9.47. The van der Waals surface area contributed by atoms with Crippen molar-refractivity contribution in [3.63, 3.8) is 0 Å². The molecule has 0 bridgehead atoms. The Labute approximate surface area is 214 Å². The Morgan fingerprint density at radius 3 is 2.35 bits per heavy atom. The zero-order valence-corrected chi connectivity index (χ0v) is 21.2. The summed E-state index contributed by atoms with van der Waals surface area (Å²) in [5, 5.41) is 5.26. The number of pyridine rings is 1. The summed E-state index contributed by atoms with van der Waals surface area (Å²) in [6, 6.07) is 21.5. The molecule has 5 rings (SSSR count). The zero-order valence-electron chi connectivity index (χ0n) is 21.2. The Balaban J connectivity index is 1.66. The molecule has 37 heavy (non-hydrogen) atoms. The maximum Gasteiger partial charge on any atom is 0.332 e. The van der Waals surface area contributed by atoms with E-state index in [1.807, 2.05) is 80.6 Å². The number of benzene rings is 2. The van der Waals surface area contributed by atoms with Crippen LogP contribution in [0, 0.1) is 5.92 Å². The fourth-order valence-electron chi connectivity index (χ4n) is 4.48. The summed E-state index contributed by atoms with van der Waals surface area (Å²) in [6.07, 6.45) is 3.37. The predicted octanol–water partition coefficient (Wildman–Crippen LogP) is 4.24. The monoisotopic (exact) mass is 495 g/mol. The molecule has 188 valence electrons. The van der Waals surface area contributed by atoms with Crippen molar-refractivity contribution in [1.82, 2.24) is 23.9 Å². The predicted molar refractivity (Wildman–Crippen MR) is 144 cm³/mol. The number of nitrogens with zero attached hydrogens (tertiary/aromatic N) is 5. The third kappa shape index (κ3) is 4.82. The zero-order chi connectivity index (χ0) is 25.9. The van der Waals surface area contributed by atoms with Gasteiger partial charge in [-0.25, -0.2) is 4.79 Å². The summed E-state index contributed by atoms with van der Waals surface area (Å²) in [4.78, 5) is 30.6. The number of hydrogen-bond donors (Lipinski definition) is 0. The maximum atomic E-state index is 13.4. The molecular formula is C29H29N5O3. The first-order valence-electron chi connectivity index (χ1n) is 12.3. The van der Waals surface area contributed by atoms with Crippen molar-refractivity contribution < 1.29 is 4.74 Å². The van der Waals surface area contributed by atoms with Crippen LogP contribution in [-0.4, -0.2) is 23.9 Å². The lowest BCUT2D eigenvalue weighted by Gasteiger charge is -2.13. The first-order chi connectivity index (χ1) is 17.9. The van der Waals surface area contributed by atoms with Crippen LogP contribution in [0.1, 0.15) is 25.0 Å². The van der Waals surface area contributed by atoms with Gasteiger partial charge in [0.2, 0.25) is 0 Å². The van der Waals surface area contributed by atoms with Crippen molar-refractivity contribution in [2.75, 3.05) is 0 Å². The second kappa shape index (κ2) is 10.3. The molecule has 0 fully saturated rings. The molecule has 0 unspecified atom stereocenters. The Kier molecular flexibility index (Phi) is 6.72. The van der Waals surface area contributed by atoms with E-state index in [0.29, 0.717) is 36.4 Å². The number of ether oxygens (including phenoxy) is 1. The van der Waals surface area contributed by atoms with Gasteiger partial charge < -0.3 is 4.74 Å². The van der Waals surface area contributed by atoms with Crippen molar-refractivity contribution in [2.45, 2.75) is 33.5 Å². The lowest BCUT2D eigenvalue weighted by Crippen LogP contribution is -2.38. The summed E-state index contributed by atoms with van der Waals surface area (Å²) in [7, 11) is 1.52. The molecule has 8 nitrogen and oxygen atoms in total. The third-order valence-electron chi connectivity index (χ3n) is 6.26. The SMILES string of the molecule is CC(C)Cn1c(=O)n(C)c(=O)c2c(-c3ccncc3)n(Cc3ccccc3OCc3ccccc3)nc21. The lowest BCUT2D eigenvalue weighted by molar-refractivity contribution is 0.302. The first kappa shape index (κ1) is 24.2. The maximum absolute atomic E-state index is 13.4. The molecule has 0 atom stereocenters. The molecule has 0 radical (unpaired) electrons. The standard InChI is InChI=1S/C29H29N5O3/c1-20(2)17-33-27-25(28(35)32(3)29(33)36)26(22-13-15-30-16-14-22)34(31-27)18-23-11-7-8-12-24(23)37-19-21-9-5-4-6-10-21/h4-16,20H,17-19H2,1-3H3. The molecule has 5 aromatic rings. The van der Waals surface area contributed by atoms with Crippen molar-refractivity contribution in [3.05, 3.63) is 111 Å². The number of hydrogen-bond acceptors (Lipinski definition) is 5. The van der Waals surface area contributed by atoms with Gasteiger partial charge in [-0.1, -0.05) is 62.4 Å².